The lowest BCUT2D eigenvalue weighted by molar-refractivity contribution is -0.139. The number of amides is 1. The van der Waals surface area contributed by atoms with Crippen LogP contribution >= 0.6 is 0 Å². The maximum atomic E-state index is 11.1. The monoisotopic (exact) mass is 241 g/mol. The standard InChI is InChI=1S/C6H11NO7S/c1-3(8)7-6(11)4(2-5(9)10)15(12,13)14/h3-4,8H,2H2,1H3,(H,7,11)(H,9,10)(H,12,13,14). The van der Waals surface area contributed by atoms with E-state index in [9.17, 15) is 18.0 Å². The summed E-state index contributed by atoms with van der Waals surface area (Å²) in [6, 6.07) is 0. The molecule has 9 heteroatoms. The number of rotatable bonds is 5. The summed E-state index contributed by atoms with van der Waals surface area (Å²) >= 11 is 0. The number of nitrogens with one attached hydrogen (secondary N) is 1. The first-order valence-corrected chi connectivity index (χ1v) is 5.31. The summed E-state index contributed by atoms with van der Waals surface area (Å²) < 4.78 is 29.9. The Morgan fingerprint density at radius 1 is 1.40 bits per heavy atom. The van der Waals surface area contributed by atoms with Gasteiger partial charge < -0.3 is 15.5 Å². The fourth-order valence-electron chi connectivity index (χ4n) is 0.791. The number of carbonyl (C=O) groups is 2. The summed E-state index contributed by atoms with van der Waals surface area (Å²) in [4.78, 5) is 21.3. The Morgan fingerprint density at radius 3 is 2.13 bits per heavy atom. The second-order valence-electron chi connectivity index (χ2n) is 2.79. The molecule has 0 radical (unpaired) electrons. The van der Waals surface area contributed by atoms with E-state index in [2.05, 4.69) is 0 Å². The molecule has 0 aromatic rings. The molecule has 1 amide bonds. The van der Waals surface area contributed by atoms with Crippen molar-refractivity contribution in [2.24, 2.45) is 0 Å². The molecule has 2 atom stereocenters. The van der Waals surface area contributed by atoms with Gasteiger partial charge in [-0.2, -0.15) is 8.42 Å². The third-order valence-electron chi connectivity index (χ3n) is 1.36. The average molecular weight is 241 g/mol. The molecule has 0 aliphatic rings. The predicted octanol–water partition coefficient (Wildman–Crippen LogP) is -1.83. The summed E-state index contributed by atoms with van der Waals surface area (Å²) in [5, 5.41) is 16.7. The van der Waals surface area contributed by atoms with Crippen LogP contribution in [-0.2, 0) is 19.7 Å². The molecule has 0 aromatic heterocycles. The predicted molar refractivity (Wildman–Crippen MR) is 47.4 cm³/mol. The Labute approximate surface area is 85.7 Å². The topological polar surface area (TPSA) is 141 Å². The first-order valence-electron chi connectivity index (χ1n) is 3.81. The molecule has 0 aliphatic carbocycles. The van der Waals surface area contributed by atoms with Gasteiger partial charge in [0.15, 0.2) is 5.25 Å². The zero-order chi connectivity index (χ0) is 12.2. The van der Waals surface area contributed by atoms with E-state index in [1.807, 2.05) is 0 Å². The summed E-state index contributed by atoms with van der Waals surface area (Å²) in [5.41, 5.74) is 0. The molecule has 4 N–H and O–H groups in total. The molecular weight excluding hydrogens is 230 g/mol. The van der Waals surface area contributed by atoms with Crippen LogP contribution in [0.4, 0.5) is 0 Å². The van der Waals surface area contributed by atoms with Gasteiger partial charge in [-0.3, -0.25) is 14.1 Å². The second-order valence-corrected chi connectivity index (χ2v) is 4.39. The lowest BCUT2D eigenvalue weighted by Crippen LogP contribution is -2.44. The van der Waals surface area contributed by atoms with Gasteiger partial charge in [-0.05, 0) is 6.92 Å². The van der Waals surface area contributed by atoms with E-state index in [1.54, 1.807) is 5.32 Å². The molecule has 0 aromatic carbocycles. The van der Waals surface area contributed by atoms with Crippen LogP contribution in [0.25, 0.3) is 0 Å². The van der Waals surface area contributed by atoms with Crippen LogP contribution in [0, 0.1) is 0 Å². The van der Waals surface area contributed by atoms with Crippen molar-refractivity contribution in [1.29, 1.82) is 0 Å². The first-order chi connectivity index (χ1) is 6.64. The zero-order valence-electron chi connectivity index (χ0n) is 7.74. The van der Waals surface area contributed by atoms with Crippen LogP contribution in [0.2, 0.25) is 0 Å². The number of carboxylic acid groups (broad SMARTS) is 1. The largest absolute Gasteiger partial charge is 0.481 e. The minimum Gasteiger partial charge on any atom is -0.481 e. The molecule has 8 nitrogen and oxygen atoms in total. The van der Waals surface area contributed by atoms with Crippen molar-refractivity contribution in [1.82, 2.24) is 5.32 Å². The molecule has 2 unspecified atom stereocenters. The molecular formula is C6H11NO7S. The summed E-state index contributed by atoms with van der Waals surface area (Å²) in [7, 11) is -4.81. The Morgan fingerprint density at radius 2 is 1.87 bits per heavy atom. The van der Waals surface area contributed by atoms with E-state index in [1.165, 1.54) is 0 Å². The van der Waals surface area contributed by atoms with Gasteiger partial charge >= 0.3 is 5.97 Å². The normalized spacial score (nSPS) is 15.4. The molecule has 88 valence electrons. The van der Waals surface area contributed by atoms with Crippen LogP contribution in [0.5, 0.6) is 0 Å². The Hall–Kier alpha value is -1.19. The van der Waals surface area contributed by atoms with Crippen molar-refractivity contribution >= 4 is 22.0 Å². The molecule has 0 heterocycles. The highest BCUT2D eigenvalue weighted by Crippen LogP contribution is 2.05. The lowest BCUT2D eigenvalue weighted by atomic mass is 10.3. The van der Waals surface area contributed by atoms with E-state index in [-0.39, 0.29) is 0 Å². The highest BCUT2D eigenvalue weighted by atomic mass is 32.2. The molecule has 0 bridgehead atoms. The Balaban J connectivity index is 4.80. The minimum absolute atomic E-state index is 1.07. The summed E-state index contributed by atoms with van der Waals surface area (Å²) in [6.07, 6.45) is -2.41. The van der Waals surface area contributed by atoms with E-state index in [0.29, 0.717) is 0 Å². The zero-order valence-corrected chi connectivity index (χ0v) is 8.56. The third kappa shape index (κ3) is 5.30. The van der Waals surface area contributed by atoms with Gasteiger partial charge in [-0.1, -0.05) is 0 Å². The molecule has 0 fully saturated rings. The Bertz CT molecular complexity index is 346. The Kier molecular flexibility index (Phi) is 4.65. The maximum Gasteiger partial charge on any atom is 0.305 e. The van der Waals surface area contributed by atoms with Crippen LogP contribution in [-0.4, -0.2) is 46.5 Å². The number of aliphatic hydroxyl groups excluding tert-OH is 1. The van der Waals surface area contributed by atoms with Gasteiger partial charge in [0.1, 0.15) is 6.23 Å². The molecule has 15 heavy (non-hydrogen) atoms. The van der Waals surface area contributed by atoms with Gasteiger partial charge in [-0.25, -0.2) is 0 Å². The fourth-order valence-corrected chi connectivity index (χ4v) is 1.48. The summed E-state index contributed by atoms with van der Waals surface area (Å²) in [6.45, 7) is 1.14. The molecule has 0 saturated heterocycles. The number of hydrogen-bond donors (Lipinski definition) is 4. The number of hydrogen-bond acceptors (Lipinski definition) is 5. The number of aliphatic hydroxyl groups is 1. The lowest BCUT2D eigenvalue weighted by Gasteiger charge is -2.13. The number of carbonyl (C=O) groups excluding carboxylic acids is 1. The van der Waals surface area contributed by atoms with Gasteiger partial charge in [0.2, 0.25) is 5.91 Å². The van der Waals surface area contributed by atoms with Crippen molar-refractivity contribution in [3.63, 3.8) is 0 Å². The molecule has 0 rings (SSSR count). The van der Waals surface area contributed by atoms with Crippen LogP contribution in [0.15, 0.2) is 0 Å². The van der Waals surface area contributed by atoms with Crippen molar-refractivity contribution in [3.8, 4) is 0 Å². The highest BCUT2D eigenvalue weighted by Gasteiger charge is 2.33. The third-order valence-corrected chi connectivity index (χ3v) is 2.46. The molecule has 0 aliphatic heterocycles. The van der Waals surface area contributed by atoms with E-state index in [4.69, 9.17) is 14.8 Å². The summed E-state index contributed by atoms with van der Waals surface area (Å²) in [5.74, 6) is -2.83. The number of aliphatic carboxylic acids is 1. The highest BCUT2D eigenvalue weighted by molar-refractivity contribution is 7.87. The first kappa shape index (κ1) is 13.8. The second kappa shape index (κ2) is 5.05. The molecule has 0 saturated carbocycles. The van der Waals surface area contributed by atoms with Gasteiger partial charge in [0.25, 0.3) is 10.1 Å². The van der Waals surface area contributed by atoms with Crippen molar-refractivity contribution in [2.75, 3.05) is 0 Å². The number of carboxylic acids is 1. The van der Waals surface area contributed by atoms with Crippen LogP contribution in [0.1, 0.15) is 13.3 Å². The fraction of sp³-hybridized carbons (Fsp3) is 0.667. The van der Waals surface area contributed by atoms with Gasteiger partial charge in [0.05, 0.1) is 6.42 Å². The van der Waals surface area contributed by atoms with E-state index in [0.717, 1.165) is 6.92 Å². The SMILES string of the molecule is CC(O)NC(=O)C(CC(=O)O)S(=O)(=O)O. The quantitative estimate of drug-likeness (QED) is 0.327. The maximum absolute atomic E-state index is 11.1. The molecule has 0 spiro atoms. The van der Waals surface area contributed by atoms with E-state index >= 15 is 0 Å². The van der Waals surface area contributed by atoms with Crippen LogP contribution < -0.4 is 5.32 Å². The van der Waals surface area contributed by atoms with Crippen molar-refractivity contribution in [2.45, 2.75) is 24.8 Å². The minimum atomic E-state index is -4.81. The van der Waals surface area contributed by atoms with Crippen molar-refractivity contribution in [3.05, 3.63) is 0 Å². The van der Waals surface area contributed by atoms with Gasteiger partial charge in [-0.15, -0.1) is 0 Å². The average Bonchev–Trinajstić information content (AvgIpc) is 1.95. The van der Waals surface area contributed by atoms with Crippen LogP contribution in [0.3, 0.4) is 0 Å². The van der Waals surface area contributed by atoms with Gasteiger partial charge in [0, 0.05) is 0 Å². The van der Waals surface area contributed by atoms with E-state index < -0.39 is 39.9 Å². The smallest absolute Gasteiger partial charge is 0.305 e. The van der Waals surface area contributed by atoms with Crippen molar-refractivity contribution < 1.29 is 32.8 Å².